The van der Waals surface area contributed by atoms with Crippen LogP contribution in [0.2, 0.25) is 0 Å². The number of ether oxygens (including phenoxy) is 1. The molecule has 1 amide bonds. The predicted octanol–water partition coefficient (Wildman–Crippen LogP) is 2.61. The van der Waals surface area contributed by atoms with E-state index in [-0.39, 0.29) is 12.5 Å². The van der Waals surface area contributed by atoms with Crippen molar-refractivity contribution in [1.82, 2.24) is 4.90 Å². The van der Waals surface area contributed by atoms with E-state index in [1.807, 2.05) is 30.3 Å². The standard InChI is InChI=1S/C19H22N2O4/c1-14(21(2)12-18(22)23)19(24)20-16-8-10-17(11-9-16)25-13-15-6-4-3-5-7-15/h3-11,14H,12-13H2,1-2H3,(H,20,24)(H,22,23). The third kappa shape index (κ3) is 5.93. The number of carboxylic acids is 1. The number of hydrogen-bond donors (Lipinski definition) is 2. The smallest absolute Gasteiger partial charge is 0.317 e. The second-order valence-corrected chi connectivity index (χ2v) is 5.77. The summed E-state index contributed by atoms with van der Waals surface area (Å²) in [5, 5.41) is 11.5. The number of likely N-dealkylation sites (N-methyl/N-ethyl adjacent to an activating group) is 1. The molecule has 0 heterocycles. The van der Waals surface area contributed by atoms with Gasteiger partial charge in [0.25, 0.3) is 0 Å². The van der Waals surface area contributed by atoms with Gasteiger partial charge in [-0.1, -0.05) is 30.3 Å². The van der Waals surface area contributed by atoms with E-state index >= 15 is 0 Å². The Morgan fingerprint density at radius 2 is 1.76 bits per heavy atom. The van der Waals surface area contributed by atoms with Crippen molar-refractivity contribution in [2.45, 2.75) is 19.6 Å². The van der Waals surface area contributed by atoms with Crippen LogP contribution in [-0.4, -0.2) is 41.5 Å². The highest BCUT2D eigenvalue weighted by molar-refractivity contribution is 5.94. The van der Waals surface area contributed by atoms with Crippen molar-refractivity contribution in [2.24, 2.45) is 0 Å². The molecular weight excluding hydrogens is 320 g/mol. The lowest BCUT2D eigenvalue weighted by Crippen LogP contribution is -2.42. The number of rotatable bonds is 8. The lowest BCUT2D eigenvalue weighted by Gasteiger charge is -2.21. The van der Waals surface area contributed by atoms with E-state index in [1.54, 1.807) is 38.2 Å². The number of benzene rings is 2. The molecule has 0 saturated carbocycles. The minimum Gasteiger partial charge on any atom is -0.489 e. The Hall–Kier alpha value is -2.86. The first kappa shape index (κ1) is 18.5. The number of nitrogens with zero attached hydrogens (tertiary/aromatic N) is 1. The maximum atomic E-state index is 12.2. The molecule has 0 saturated heterocycles. The van der Waals surface area contributed by atoms with Crippen LogP contribution in [-0.2, 0) is 16.2 Å². The van der Waals surface area contributed by atoms with Crippen molar-refractivity contribution in [3.05, 3.63) is 60.2 Å². The molecule has 1 atom stereocenters. The van der Waals surface area contributed by atoms with E-state index in [9.17, 15) is 9.59 Å². The molecule has 6 nitrogen and oxygen atoms in total. The van der Waals surface area contributed by atoms with Crippen LogP contribution in [0.5, 0.6) is 5.75 Å². The van der Waals surface area contributed by atoms with E-state index < -0.39 is 12.0 Å². The minimum absolute atomic E-state index is 0.194. The van der Waals surface area contributed by atoms with Gasteiger partial charge in [-0.05, 0) is 43.8 Å². The normalized spacial score (nSPS) is 11.8. The molecule has 1 unspecified atom stereocenters. The van der Waals surface area contributed by atoms with Crippen molar-refractivity contribution in [2.75, 3.05) is 18.9 Å². The van der Waals surface area contributed by atoms with Gasteiger partial charge >= 0.3 is 5.97 Å². The Labute approximate surface area is 147 Å². The number of amides is 1. The topological polar surface area (TPSA) is 78.9 Å². The zero-order valence-corrected chi connectivity index (χ0v) is 14.3. The van der Waals surface area contributed by atoms with E-state index in [4.69, 9.17) is 9.84 Å². The molecule has 0 aliphatic rings. The second-order valence-electron chi connectivity index (χ2n) is 5.77. The van der Waals surface area contributed by atoms with Crippen molar-refractivity contribution in [1.29, 1.82) is 0 Å². The fourth-order valence-electron chi connectivity index (χ4n) is 2.17. The average Bonchev–Trinajstić information content (AvgIpc) is 2.60. The molecule has 0 fully saturated rings. The van der Waals surface area contributed by atoms with Crippen LogP contribution in [0.15, 0.2) is 54.6 Å². The van der Waals surface area contributed by atoms with Gasteiger partial charge in [-0.25, -0.2) is 0 Å². The molecule has 0 aliphatic heterocycles. The maximum absolute atomic E-state index is 12.2. The van der Waals surface area contributed by atoms with E-state index in [0.29, 0.717) is 18.0 Å². The lowest BCUT2D eigenvalue weighted by molar-refractivity contribution is -0.138. The zero-order chi connectivity index (χ0) is 18.2. The molecular formula is C19H22N2O4. The summed E-state index contributed by atoms with van der Waals surface area (Å²) >= 11 is 0. The Balaban J connectivity index is 1.87. The Morgan fingerprint density at radius 3 is 2.36 bits per heavy atom. The van der Waals surface area contributed by atoms with Gasteiger partial charge in [-0.2, -0.15) is 0 Å². The average molecular weight is 342 g/mol. The van der Waals surface area contributed by atoms with E-state index in [2.05, 4.69) is 5.32 Å². The summed E-state index contributed by atoms with van der Waals surface area (Å²) < 4.78 is 5.70. The Bertz CT molecular complexity index is 701. The number of anilines is 1. The number of nitrogens with one attached hydrogen (secondary N) is 1. The first-order valence-corrected chi connectivity index (χ1v) is 7.95. The molecule has 25 heavy (non-hydrogen) atoms. The zero-order valence-electron chi connectivity index (χ0n) is 14.3. The van der Waals surface area contributed by atoms with E-state index in [0.717, 1.165) is 5.56 Å². The van der Waals surface area contributed by atoms with Crippen LogP contribution in [0.3, 0.4) is 0 Å². The summed E-state index contributed by atoms with van der Waals surface area (Å²) in [6.07, 6.45) is 0. The lowest BCUT2D eigenvalue weighted by atomic mass is 10.2. The quantitative estimate of drug-likeness (QED) is 0.771. The molecule has 2 aromatic carbocycles. The molecule has 0 bridgehead atoms. The van der Waals surface area contributed by atoms with Crippen molar-refractivity contribution in [3.63, 3.8) is 0 Å². The fourth-order valence-corrected chi connectivity index (χ4v) is 2.17. The number of carboxylic acid groups (broad SMARTS) is 1. The van der Waals surface area contributed by atoms with Crippen molar-refractivity contribution < 1.29 is 19.4 Å². The van der Waals surface area contributed by atoms with Gasteiger partial charge in [-0.3, -0.25) is 14.5 Å². The number of carbonyl (C=O) groups excluding carboxylic acids is 1. The molecule has 0 radical (unpaired) electrons. The SMILES string of the molecule is CC(C(=O)Nc1ccc(OCc2ccccc2)cc1)N(C)CC(=O)O. The molecule has 0 aromatic heterocycles. The summed E-state index contributed by atoms with van der Waals surface area (Å²) in [6, 6.07) is 16.4. The molecule has 6 heteroatoms. The monoisotopic (exact) mass is 342 g/mol. The molecule has 0 spiro atoms. The number of hydrogen-bond acceptors (Lipinski definition) is 4. The van der Waals surface area contributed by atoms with Crippen LogP contribution < -0.4 is 10.1 Å². The van der Waals surface area contributed by atoms with Gasteiger partial charge in [0.05, 0.1) is 12.6 Å². The second kappa shape index (κ2) is 8.84. The van der Waals surface area contributed by atoms with Gasteiger partial charge in [-0.15, -0.1) is 0 Å². The molecule has 2 N–H and O–H groups in total. The highest BCUT2D eigenvalue weighted by Crippen LogP contribution is 2.17. The predicted molar refractivity (Wildman–Crippen MR) is 95.6 cm³/mol. The van der Waals surface area contributed by atoms with Crippen LogP contribution in [0.1, 0.15) is 12.5 Å². The van der Waals surface area contributed by atoms with Gasteiger partial charge in [0.1, 0.15) is 12.4 Å². The third-order valence-electron chi connectivity index (χ3n) is 3.80. The molecule has 132 valence electrons. The summed E-state index contributed by atoms with van der Waals surface area (Å²) in [6.45, 7) is 1.94. The van der Waals surface area contributed by atoms with Crippen molar-refractivity contribution in [3.8, 4) is 5.75 Å². The Morgan fingerprint density at radius 1 is 1.12 bits per heavy atom. The Kier molecular flexibility index (Phi) is 6.54. The summed E-state index contributed by atoms with van der Waals surface area (Å²) in [7, 11) is 1.60. The van der Waals surface area contributed by atoms with Crippen LogP contribution >= 0.6 is 0 Å². The van der Waals surface area contributed by atoms with Crippen LogP contribution in [0, 0.1) is 0 Å². The molecule has 0 aliphatic carbocycles. The van der Waals surface area contributed by atoms with Crippen LogP contribution in [0.25, 0.3) is 0 Å². The summed E-state index contributed by atoms with van der Waals surface area (Å²) in [5.41, 5.74) is 1.71. The van der Waals surface area contributed by atoms with Crippen LogP contribution in [0.4, 0.5) is 5.69 Å². The number of aliphatic carboxylic acids is 1. The maximum Gasteiger partial charge on any atom is 0.317 e. The minimum atomic E-state index is -0.970. The largest absolute Gasteiger partial charge is 0.489 e. The van der Waals surface area contributed by atoms with Crippen molar-refractivity contribution >= 4 is 17.6 Å². The summed E-state index contributed by atoms with van der Waals surface area (Å²) in [5.74, 6) is -0.526. The van der Waals surface area contributed by atoms with Gasteiger partial charge < -0.3 is 15.2 Å². The highest BCUT2D eigenvalue weighted by atomic mass is 16.5. The van der Waals surface area contributed by atoms with Gasteiger partial charge in [0.15, 0.2) is 0 Å². The fraction of sp³-hybridized carbons (Fsp3) is 0.263. The molecule has 2 aromatic rings. The first-order chi connectivity index (χ1) is 12.0. The number of carbonyl (C=O) groups is 2. The first-order valence-electron chi connectivity index (χ1n) is 7.95. The summed E-state index contributed by atoms with van der Waals surface area (Å²) in [4.78, 5) is 24.3. The third-order valence-corrected chi connectivity index (χ3v) is 3.80. The van der Waals surface area contributed by atoms with Gasteiger partial charge in [0, 0.05) is 5.69 Å². The highest BCUT2D eigenvalue weighted by Gasteiger charge is 2.19. The van der Waals surface area contributed by atoms with E-state index in [1.165, 1.54) is 4.90 Å². The van der Waals surface area contributed by atoms with Gasteiger partial charge in [0.2, 0.25) is 5.91 Å². The molecule has 2 rings (SSSR count).